The van der Waals surface area contributed by atoms with Gasteiger partial charge in [-0.25, -0.2) is 9.59 Å². The number of methoxy groups -OCH3 is 1. The first-order valence-electron chi connectivity index (χ1n) is 7.37. The van der Waals surface area contributed by atoms with Gasteiger partial charge in [-0.3, -0.25) is 14.5 Å². The number of benzene rings is 1. The number of hydrogen-bond acceptors (Lipinski definition) is 7. The second-order valence-electron chi connectivity index (χ2n) is 5.27. The van der Waals surface area contributed by atoms with E-state index in [1.54, 1.807) is 30.3 Å². The largest absolute Gasteiger partial charge is 0.481 e. The van der Waals surface area contributed by atoms with E-state index in [4.69, 9.17) is 14.6 Å². The predicted molar refractivity (Wildman–Crippen MR) is 81.0 cm³/mol. The van der Waals surface area contributed by atoms with Crippen LogP contribution in [0.25, 0.3) is 0 Å². The van der Waals surface area contributed by atoms with Crippen LogP contribution < -0.4 is 0 Å². The number of carboxylic acid groups (broad SMARTS) is 1. The molecule has 1 fully saturated rings. The summed E-state index contributed by atoms with van der Waals surface area (Å²) >= 11 is 0. The first-order valence-corrected chi connectivity index (χ1v) is 7.37. The highest BCUT2D eigenvalue weighted by Gasteiger charge is 2.48. The summed E-state index contributed by atoms with van der Waals surface area (Å²) in [6, 6.07) is 7.44. The van der Waals surface area contributed by atoms with Gasteiger partial charge in [-0.2, -0.15) is 0 Å². The van der Waals surface area contributed by atoms with Crippen molar-refractivity contribution in [3.05, 3.63) is 35.9 Å². The number of carbonyl (C=O) groups is 4. The van der Waals surface area contributed by atoms with Crippen LogP contribution in [0.5, 0.6) is 0 Å². The van der Waals surface area contributed by atoms with Gasteiger partial charge in [-0.15, -0.1) is 0 Å². The van der Waals surface area contributed by atoms with Crippen molar-refractivity contribution < 1.29 is 38.5 Å². The SMILES string of the molecule is COC(=O)[C@H](CC(=O)O)[C@H]1C(=O)OCN1C(=O)OCc1ccccc1. The molecule has 0 saturated carbocycles. The molecule has 0 spiro atoms. The van der Waals surface area contributed by atoms with Gasteiger partial charge in [0, 0.05) is 0 Å². The molecule has 2 rings (SSSR count). The molecule has 0 aromatic heterocycles. The van der Waals surface area contributed by atoms with Crippen molar-refractivity contribution >= 4 is 24.0 Å². The normalized spacial score (nSPS) is 17.6. The van der Waals surface area contributed by atoms with Crippen LogP contribution in [-0.4, -0.2) is 53.9 Å². The Morgan fingerprint density at radius 2 is 2.00 bits per heavy atom. The van der Waals surface area contributed by atoms with Gasteiger partial charge < -0.3 is 19.3 Å². The van der Waals surface area contributed by atoms with Crippen LogP contribution in [0.2, 0.25) is 0 Å². The molecule has 2 atom stereocenters. The minimum Gasteiger partial charge on any atom is -0.481 e. The Bertz CT molecular complexity index is 659. The Hall–Kier alpha value is -3.10. The third-order valence-corrected chi connectivity index (χ3v) is 3.64. The van der Waals surface area contributed by atoms with E-state index in [9.17, 15) is 19.2 Å². The van der Waals surface area contributed by atoms with E-state index in [0.29, 0.717) is 0 Å². The van der Waals surface area contributed by atoms with Crippen molar-refractivity contribution in [1.82, 2.24) is 4.90 Å². The number of hydrogen-bond donors (Lipinski definition) is 1. The Morgan fingerprint density at radius 3 is 2.60 bits per heavy atom. The highest BCUT2D eigenvalue weighted by molar-refractivity contribution is 5.91. The molecule has 1 aromatic rings. The summed E-state index contributed by atoms with van der Waals surface area (Å²) in [5.41, 5.74) is 0.730. The highest BCUT2D eigenvalue weighted by atomic mass is 16.6. The average molecular weight is 351 g/mol. The second-order valence-corrected chi connectivity index (χ2v) is 5.27. The number of nitrogens with zero attached hydrogens (tertiary/aromatic N) is 1. The summed E-state index contributed by atoms with van der Waals surface area (Å²) in [6.07, 6.45) is -1.58. The third-order valence-electron chi connectivity index (χ3n) is 3.64. The molecular weight excluding hydrogens is 334 g/mol. The van der Waals surface area contributed by atoms with Crippen LogP contribution >= 0.6 is 0 Å². The number of amides is 1. The predicted octanol–water partition coefficient (Wildman–Crippen LogP) is 0.772. The van der Waals surface area contributed by atoms with Gasteiger partial charge in [-0.1, -0.05) is 30.3 Å². The molecule has 0 bridgehead atoms. The number of carbonyl (C=O) groups excluding carboxylic acids is 3. The fraction of sp³-hybridized carbons (Fsp3) is 0.375. The Kier molecular flexibility index (Phi) is 5.93. The molecule has 1 N–H and O–H groups in total. The van der Waals surface area contributed by atoms with Gasteiger partial charge in [0.25, 0.3) is 0 Å². The van der Waals surface area contributed by atoms with Crippen molar-refractivity contribution in [3.8, 4) is 0 Å². The molecule has 1 amide bonds. The average Bonchev–Trinajstić information content (AvgIpc) is 2.99. The van der Waals surface area contributed by atoms with Crippen LogP contribution in [0.4, 0.5) is 4.79 Å². The van der Waals surface area contributed by atoms with E-state index in [1.807, 2.05) is 0 Å². The number of esters is 2. The number of aliphatic carboxylic acids is 1. The number of carboxylic acids is 1. The first-order chi connectivity index (χ1) is 11.9. The number of rotatable bonds is 6. The van der Waals surface area contributed by atoms with Crippen LogP contribution in [-0.2, 0) is 35.2 Å². The molecule has 1 aliphatic rings. The zero-order valence-corrected chi connectivity index (χ0v) is 13.4. The number of cyclic esters (lactones) is 1. The maximum Gasteiger partial charge on any atom is 0.413 e. The molecule has 1 aromatic carbocycles. The zero-order valence-electron chi connectivity index (χ0n) is 13.4. The fourth-order valence-electron chi connectivity index (χ4n) is 2.44. The maximum atomic E-state index is 12.2. The monoisotopic (exact) mass is 351 g/mol. The van der Waals surface area contributed by atoms with Gasteiger partial charge in [0.15, 0.2) is 6.73 Å². The molecule has 1 saturated heterocycles. The van der Waals surface area contributed by atoms with E-state index >= 15 is 0 Å². The minimum atomic E-state index is -1.41. The second kappa shape index (κ2) is 8.13. The van der Waals surface area contributed by atoms with Gasteiger partial charge >= 0.3 is 24.0 Å². The zero-order chi connectivity index (χ0) is 18.4. The van der Waals surface area contributed by atoms with Gasteiger partial charge in [-0.05, 0) is 5.56 Å². The highest BCUT2D eigenvalue weighted by Crippen LogP contribution is 2.24. The summed E-state index contributed by atoms with van der Waals surface area (Å²) < 4.78 is 14.5. The van der Waals surface area contributed by atoms with Crippen LogP contribution in [0.15, 0.2) is 30.3 Å². The third kappa shape index (κ3) is 4.46. The quantitative estimate of drug-likeness (QED) is 0.589. The maximum absolute atomic E-state index is 12.2. The van der Waals surface area contributed by atoms with Gasteiger partial charge in [0.1, 0.15) is 12.6 Å². The van der Waals surface area contributed by atoms with Crippen molar-refractivity contribution in [1.29, 1.82) is 0 Å². The molecular formula is C16H17NO8. The van der Waals surface area contributed by atoms with E-state index in [0.717, 1.165) is 17.6 Å². The van der Waals surface area contributed by atoms with Crippen molar-refractivity contribution in [3.63, 3.8) is 0 Å². The van der Waals surface area contributed by atoms with Gasteiger partial charge in [0.05, 0.1) is 19.4 Å². The molecule has 9 heteroatoms. The van der Waals surface area contributed by atoms with E-state index < -0.39 is 49.1 Å². The standard InChI is InChI=1S/C16H17NO8/c1-23-14(20)11(7-12(18)19)13-15(21)25-9-17(13)16(22)24-8-10-5-3-2-4-6-10/h2-6,11,13H,7-9H2,1H3,(H,18,19)/t11-,13+/m1/s1. The van der Waals surface area contributed by atoms with Crippen LogP contribution in [0, 0.1) is 5.92 Å². The molecule has 1 heterocycles. The summed E-state index contributed by atoms with van der Waals surface area (Å²) in [6.45, 7) is -0.469. The Morgan fingerprint density at radius 1 is 1.32 bits per heavy atom. The smallest absolute Gasteiger partial charge is 0.413 e. The Balaban J connectivity index is 2.11. The van der Waals surface area contributed by atoms with E-state index in [-0.39, 0.29) is 6.61 Å². The molecule has 0 unspecified atom stereocenters. The minimum absolute atomic E-state index is 0.0428. The lowest BCUT2D eigenvalue weighted by Gasteiger charge is -2.24. The van der Waals surface area contributed by atoms with Gasteiger partial charge in [0.2, 0.25) is 0 Å². The molecule has 0 radical (unpaired) electrons. The van der Waals surface area contributed by atoms with Crippen LogP contribution in [0.3, 0.4) is 0 Å². The summed E-state index contributed by atoms with van der Waals surface area (Å²) in [5, 5.41) is 8.96. The molecule has 25 heavy (non-hydrogen) atoms. The van der Waals surface area contributed by atoms with Crippen molar-refractivity contribution in [2.75, 3.05) is 13.8 Å². The molecule has 9 nitrogen and oxygen atoms in total. The lowest BCUT2D eigenvalue weighted by molar-refractivity contribution is -0.155. The van der Waals surface area contributed by atoms with Crippen molar-refractivity contribution in [2.24, 2.45) is 5.92 Å². The fourth-order valence-corrected chi connectivity index (χ4v) is 2.44. The molecule has 1 aliphatic heterocycles. The lowest BCUT2D eigenvalue weighted by atomic mass is 9.95. The van der Waals surface area contributed by atoms with E-state index in [1.165, 1.54) is 0 Å². The topological polar surface area (TPSA) is 119 Å². The van der Waals surface area contributed by atoms with Crippen LogP contribution in [0.1, 0.15) is 12.0 Å². The molecule has 134 valence electrons. The molecule has 0 aliphatic carbocycles. The van der Waals surface area contributed by atoms with E-state index in [2.05, 4.69) is 4.74 Å². The Labute approximate surface area is 143 Å². The first kappa shape index (κ1) is 18.2. The van der Waals surface area contributed by atoms with Crippen molar-refractivity contribution in [2.45, 2.75) is 19.1 Å². The number of ether oxygens (including phenoxy) is 3. The summed E-state index contributed by atoms with van der Waals surface area (Å²) in [5.74, 6) is -4.50. The lowest BCUT2D eigenvalue weighted by Crippen LogP contribution is -2.47. The summed E-state index contributed by atoms with van der Waals surface area (Å²) in [4.78, 5) is 47.9. The summed E-state index contributed by atoms with van der Waals surface area (Å²) in [7, 11) is 1.07.